The fourth-order valence-electron chi connectivity index (χ4n) is 2.51. The van der Waals surface area contributed by atoms with Crippen LogP contribution in [0.5, 0.6) is 11.5 Å². The van der Waals surface area contributed by atoms with Crippen LogP contribution < -0.4 is 9.47 Å². The first-order chi connectivity index (χ1) is 13.3. The van der Waals surface area contributed by atoms with Crippen molar-refractivity contribution in [1.82, 2.24) is 5.16 Å². The average Bonchev–Trinajstić information content (AvgIpc) is 3.03. The molecular formula is C18H12Cl2N2O6. The second kappa shape index (κ2) is 7.87. The molecule has 0 aliphatic heterocycles. The molecule has 0 amide bonds. The number of carbonyl (C=O) groups is 1. The summed E-state index contributed by atoms with van der Waals surface area (Å²) in [4.78, 5) is 23.4. The Hall–Kier alpha value is -3.10. The SMILES string of the molecule is COc1ccc(OC(=O)c2c(-c3c(Cl)cccc3Cl)noc2C)c([N+](=O)[O-])c1. The van der Waals surface area contributed by atoms with E-state index in [-0.39, 0.29) is 38.6 Å². The summed E-state index contributed by atoms with van der Waals surface area (Å²) >= 11 is 12.4. The molecule has 0 saturated carbocycles. The van der Waals surface area contributed by atoms with E-state index in [9.17, 15) is 14.9 Å². The normalized spacial score (nSPS) is 10.6. The minimum Gasteiger partial charge on any atom is -0.496 e. The van der Waals surface area contributed by atoms with Gasteiger partial charge in [0.05, 0.1) is 28.1 Å². The molecule has 3 rings (SSSR count). The first kappa shape index (κ1) is 19.7. The highest BCUT2D eigenvalue weighted by Crippen LogP contribution is 2.38. The van der Waals surface area contributed by atoms with E-state index >= 15 is 0 Å². The minimum atomic E-state index is -0.905. The summed E-state index contributed by atoms with van der Waals surface area (Å²) in [6, 6.07) is 8.64. The predicted octanol–water partition coefficient (Wildman–Crippen LogP) is 5.09. The summed E-state index contributed by atoms with van der Waals surface area (Å²) in [5.41, 5.74) is -0.104. The Labute approximate surface area is 168 Å². The predicted molar refractivity (Wildman–Crippen MR) is 101 cm³/mol. The highest BCUT2D eigenvalue weighted by molar-refractivity contribution is 6.39. The smallest absolute Gasteiger partial charge is 0.349 e. The maximum atomic E-state index is 12.8. The molecule has 10 heteroatoms. The summed E-state index contributed by atoms with van der Waals surface area (Å²) in [5.74, 6) is -0.769. The van der Waals surface area contributed by atoms with Crippen molar-refractivity contribution in [3.8, 4) is 22.8 Å². The lowest BCUT2D eigenvalue weighted by molar-refractivity contribution is -0.385. The highest BCUT2D eigenvalue weighted by Gasteiger charge is 2.28. The Balaban J connectivity index is 2.04. The van der Waals surface area contributed by atoms with Gasteiger partial charge in [0.2, 0.25) is 5.75 Å². The van der Waals surface area contributed by atoms with Crippen LogP contribution in [-0.4, -0.2) is 23.2 Å². The van der Waals surface area contributed by atoms with E-state index in [2.05, 4.69) is 5.16 Å². The Bertz CT molecular complexity index is 1060. The van der Waals surface area contributed by atoms with Crippen molar-refractivity contribution in [1.29, 1.82) is 0 Å². The van der Waals surface area contributed by atoms with Gasteiger partial charge in [-0.1, -0.05) is 34.4 Å². The van der Waals surface area contributed by atoms with E-state index in [0.717, 1.165) is 6.07 Å². The molecule has 28 heavy (non-hydrogen) atoms. The van der Waals surface area contributed by atoms with E-state index in [1.165, 1.54) is 26.2 Å². The van der Waals surface area contributed by atoms with Crippen molar-refractivity contribution >= 4 is 34.9 Å². The van der Waals surface area contributed by atoms with Crippen molar-refractivity contribution < 1.29 is 23.7 Å². The van der Waals surface area contributed by atoms with Gasteiger partial charge >= 0.3 is 11.7 Å². The van der Waals surface area contributed by atoms with Gasteiger partial charge in [-0.05, 0) is 31.2 Å². The van der Waals surface area contributed by atoms with Crippen LogP contribution in [0.4, 0.5) is 5.69 Å². The lowest BCUT2D eigenvalue weighted by Gasteiger charge is -2.08. The van der Waals surface area contributed by atoms with E-state index < -0.39 is 16.6 Å². The molecule has 0 N–H and O–H groups in total. The van der Waals surface area contributed by atoms with Gasteiger partial charge < -0.3 is 14.0 Å². The average molecular weight is 423 g/mol. The van der Waals surface area contributed by atoms with Gasteiger partial charge in [-0.2, -0.15) is 0 Å². The number of hydrogen-bond donors (Lipinski definition) is 0. The molecule has 0 spiro atoms. The number of nitro groups is 1. The molecule has 0 fully saturated rings. The molecule has 0 bridgehead atoms. The molecule has 0 radical (unpaired) electrons. The van der Waals surface area contributed by atoms with Crippen LogP contribution in [-0.2, 0) is 0 Å². The third kappa shape index (κ3) is 3.64. The maximum absolute atomic E-state index is 12.8. The van der Waals surface area contributed by atoms with Crippen LogP contribution in [0.3, 0.4) is 0 Å². The molecule has 1 aromatic heterocycles. The van der Waals surface area contributed by atoms with Crippen LogP contribution in [0.1, 0.15) is 16.1 Å². The van der Waals surface area contributed by atoms with Crippen molar-refractivity contribution in [2.45, 2.75) is 6.92 Å². The Morgan fingerprint density at radius 3 is 2.50 bits per heavy atom. The number of ether oxygens (including phenoxy) is 2. The van der Waals surface area contributed by atoms with Crippen molar-refractivity contribution in [3.63, 3.8) is 0 Å². The molecule has 8 nitrogen and oxygen atoms in total. The van der Waals surface area contributed by atoms with Crippen LogP contribution >= 0.6 is 23.2 Å². The molecule has 0 unspecified atom stereocenters. The molecule has 0 aliphatic rings. The number of hydrogen-bond acceptors (Lipinski definition) is 7. The second-order valence-corrected chi connectivity index (χ2v) is 6.35. The number of benzene rings is 2. The topological polar surface area (TPSA) is 105 Å². The Morgan fingerprint density at radius 2 is 1.89 bits per heavy atom. The van der Waals surface area contributed by atoms with Gasteiger partial charge in [0, 0.05) is 5.56 Å². The maximum Gasteiger partial charge on any atom is 0.349 e. The van der Waals surface area contributed by atoms with Gasteiger partial charge in [-0.3, -0.25) is 10.1 Å². The lowest BCUT2D eigenvalue weighted by Crippen LogP contribution is -2.11. The van der Waals surface area contributed by atoms with Gasteiger partial charge in [0.25, 0.3) is 0 Å². The molecule has 1 heterocycles. The van der Waals surface area contributed by atoms with E-state index in [1.807, 2.05) is 0 Å². The zero-order chi connectivity index (χ0) is 20.4. The zero-order valence-electron chi connectivity index (χ0n) is 14.6. The lowest BCUT2D eigenvalue weighted by atomic mass is 10.1. The molecule has 0 saturated heterocycles. The van der Waals surface area contributed by atoms with Crippen molar-refractivity contribution in [3.05, 3.63) is 67.9 Å². The van der Waals surface area contributed by atoms with Crippen LogP contribution in [0.25, 0.3) is 11.3 Å². The minimum absolute atomic E-state index is 0.0416. The number of halogens is 2. The fraction of sp³-hybridized carbons (Fsp3) is 0.111. The van der Waals surface area contributed by atoms with Gasteiger partial charge in [0.15, 0.2) is 0 Å². The van der Waals surface area contributed by atoms with E-state index in [0.29, 0.717) is 5.56 Å². The molecule has 0 atom stereocenters. The van der Waals surface area contributed by atoms with Crippen molar-refractivity contribution in [2.75, 3.05) is 7.11 Å². The first-order valence-corrected chi connectivity index (χ1v) is 8.54. The number of nitro benzene ring substituents is 1. The summed E-state index contributed by atoms with van der Waals surface area (Å²) in [6.45, 7) is 1.50. The third-order valence-corrected chi connectivity index (χ3v) is 4.46. The number of nitrogens with zero attached hydrogens (tertiary/aromatic N) is 2. The molecule has 0 aliphatic carbocycles. The molecule has 2 aromatic carbocycles. The monoisotopic (exact) mass is 422 g/mol. The summed E-state index contributed by atoms with van der Waals surface area (Å²) < 4.78 is 15.3. The highest BCUT2D eigenvalue weighted by atomic mass is 35.5. The molecule has 144 valence electrons. The Kier molecular flexibility index (Phi) is 5.53. The second-order valence-electron chi connectivity index (χ2n) is 5.54. The number of carbonyl (C=O) groups excluding carboxylic acids is 1. The van der Waals surface area contributed by atoms with E-state index in [4.69, 9.17) is 37.2 Å². The molecular weight excluding hydrogens is 411 g/mol. The first-order valence-electron chi connectivity index (χ1n) is 7.78. The zero-order valence-corrected chi connectivity index (χ0v) is 16.1. The largest absolute Gasteiger partial charge is 0.496 e. The van der Waals surface area contributed by atoms with Gasteiger partial charge in [0.1, 0.15) is 22.8 Å². The number of aromatic nitrogens is 1. The summed E-state index contributed by atoms with van der Waals surface area (Å²) in [7, 11) is 1.37. The number of methoxy groups -OCH3 is 1. The van der Waals surface area contributed by atoms with Crippen LogP contribution in [0.15, 0.2) is 40.9 Å². The van der Waals surface area contributed by atoms with E-state index in [1.54, 1.807) is 18.2 Å². The number of aryl methyl sites for hydroxylation is 1. The summed E-state index contributed by atoms with van der Waals surface area (Å²) in [6.07, 6.45) is 0. The van der Waals surface area contributed by atoms with Gasteiger partial charge in [-0.15, -0.1) is 0 Å². The van der Waals surface area contributed by atoms with Crippen LogP contribution in [0, 0.1) is 17.0 Å². The number of esters is 1. The van der Waals surface area contributed by atoms with Crippen LogP contribution in [0.2, 0.25) is 10.0 Å². The number of rotatable bonds is 5. The summed E-state index contributed by atoms with van der Waals surface area (Å²) in [5, 5.41) is 15.7. The van der Waals surface area contributed by atoms with Gasteiger partial charge in [-0.25, -0.2) is 4.79 Å². The third-order valence-electron chi connectivity index (χ3n) is 3.83. The quantitative estimate of drug-likeness (QED) is 0.244. The Morgan fingerprint density at radius 1 is 1.21 bits per heavy atom. The fourth-order valence-corrected chi connectivity index (χ4v) is 3.09. The standard InChI is InChI=1S/C18H12Cl2N2O6/c1-9-15(17(21-28-9)16-11(19)4-3-5-12(16)20)18(23)27-14-7-6-10(26-2)8-13(14)22(24)25/h3-8H,1-2H3. The molecule has 3 aromatic rings. The van der Waals surface area contributed by atoms with Crippen molar-refractivity contribution in [2.24, 2.45) is 0 Å².